The molecule has 4 heteroatoms. The Balaban J connectivity index is 2.34. The highest BCUT2D eigenvalue weighted by molar-refractivity contribution is 8.67. The third kappa shape index (κ3) is 4.62. The van der Waals surface area contributed by atoms with Crippen LogP contribution in [0.15, 0.2) is 0 Å². The van der Waals surface area contributed by atoms with Gasteiger partial charge in [0.05, 0.1) is 6.61 Å². The van der Waals surface area contributed by atoms with Crippen LogP contribution in [-0.2, 0) is 0 Å². The van der Waals surface area contributed by atoms with E-state index in [-0.39, 0.29) is 6.61 Å². The maximum atomic E-state index is 8.09. The molecule has 0 unspecified atom stereocenters. The van der Waals surface area contributed by atoms with Gasteiger partial charge in [-0.25, -0.2) is 0 Å². The van der Waals surface area contributed by atoms with Gasteiger partial charge in [0, 0.05) is 6.54 Å². The number of aliphatic hydroxyl groups is 1. The van der Waals surface area contributed by atoms with Gasteiger partial charge in [-0.1, -0.05) is 11.7 Å². The summed E-state index contributed by atoms with van der Waals surface area (Å²) in [5.74, 6) is 0. The van der Waals surface area contributed by atoms with E-state index in [4.69, 9.17) is 5.11 Å². The molecule has 6 heavy (non-hydrogen) atoms. The zero-order valence-corrected chi connectivity index (χ0v) is 4.93. The Morgan fingerprint density at radius 2 is 2.50 bits per heavy atom. The Morgan fingerprint density at radius 3 is 2.67 bits per heavy atom. The van der Waals surface area contributed by atoms with Crippen LogP contribution in [-0.4, -0.2) is 18.3 Å². The molecule has 0 bridgehead atoms. The van der Waals surface area contributed by atoms with E-state index in [0.717, 1.165) is 0 Å². The molecular formula is C2H7NOS2. The number of nitrogens with one attached hydrogen (secondary N) is 1. The van der Waals surface area contributed by atoms with E-state index in [1.54, 1.807) is 0 Å². The summed E-state index contributed by atoms with van der Waals surface area (Å²) in [7, 11) is 1.21. The van der Waals surface area contributed by atoms with E-state index < -0.39 is 0 Å². The number of rotatable bonds is 3. The molecule has 0 saturated carbocycles. The average molecular weight is 125 g/mol. The fraction of sp³-hybridized carbons (Fsp3) is 1.00. The highest BCUT2D eigenvalue weighted by atomic mass is 33.1. The molecule has 0 rings (SSSR count). The first-order valence-electron chi connectivity index (χ1n) is 1.56. The van der Waals surface area contributed by atoms with Crippen LogP contribution in [0.3, 0.4) is 0 Å². The van der Waals surface area contributed by atoms with Crippen LogP contribution < -0.4 is 4.72 Å². The van der Waals surface area contributed by atoms with Crippen LogP contribution in [0.2, 0.25) is 0 Å². The summed E-state index contributed by atoms with van der Waals surface area (Å²) in [6.45, 7) is 0.779. The summed E-state index contributed by atoms with van der Waals surface area (Å²) in [5.41, 5.74) is 0. The molecule has 0 aromatic heterocycles. The molecule has 0 aromatic rings. The van der Waals surface area contributed by atoms with Gasteiger partial charge in [0.15, 0.2) is 0 Å². The van der Waals surface area contributed by atoms with E-state index >= 15 is 0 Å². The van der Waals surface area contributed by atoms with E-state index in [1.165, 1.54) is 11.0 Å². The summed E-state index contributed by atoms with van der Waals surface area (Å²) >= 11 is 3.75. The molecule has 2 nitrogen and oxygen atoms in total. The average Bonchev–Trinajstić information content (AvgIpc) is 1.61. The molecule has 0 aliphatic carbocycles. The molecule has 0 aliphatic heterocycles. The predicted octanol–water partition coefficient (Wildman–Crippen LogP) is 0.0613. The molecule has 0 radical (unpaired) electrons. The first-order chi connectivity index (χ1) is 2.91. The molecule has 2 N–H and O–H groups in total. The fourth-order valence-electron chi connectivity index (χ4n) is 0.0913. The lowest BCUT2D eigenvalue weighted by atomic mass is 10.8. The van der Waals surface area contributed by atoms with Crippen molar-refractivity contribution in [1.29, 1.82) is 0 Å². The zero-order valence-electron chi connectivity index (χ0n) is 3.22. The molecule has 0 amide bonds. The van der Waals surface area contributed by atoms with Gasteiger partial charge < -0.3 is 5.11 Å². The van der Waals surface area contributed by atoms with E-state index in [2.05, 4.69) is 16.4 Å². The Hall–Kier alpha value is 0.620. The minimum Gasteiger partial charge on any atom is -0.395 e. The maximum Gasteiger partial charge on any atom is 0.0565 e. The highest BCUT2D eigenvalue weighted by Gasteiger charge is 1.73. The van der Waals surface area contributed by atoms with Crippen molar-refractivity contribution in [2.24, 2.45) is 0 Å². The number of thiol groups is 1. The van der Waals surface area contributed by atoms with Crippen molar-refractivity contribution in [2.45, 2.75) is 0 Å². The maximum absolute atomic E-state index is 8.09. The minimum absolute atomic E-state index is 0.174. The lowest BCUT2D eigenvalue weighted by molar-refractivity contribution is 0.302. The molecule has 38 valence electrons. The summed E-state index contributed by atoms with van der Waals surface area (Å²) in [6, 6.07) is 0. The van der Waals surface area contributed by atoms with Gasteiger partial charge in [-0.2, -0.15) is 0 Å². The summed E-state index contributed by atoms with van der Waals surface area (Å²) < 4.78 is 2.73. The molecular weight excluding hydrogens is 118 g/mol. The van der Waals surface area contributed by atoms with Gasteiger partial charge in [-0.05, 0) is 11.0 Å². The highest BCUT2D eigenvalue weighted by Crippen LogP contribution is 1.93. The quantitative estimate of drug-likeness (QED) is 0.216. The third-order valence-corrected chi connectivity index (χ3v) is 0.999. The fourth-order valence-corrected chi connectivity index (χ4v) is 0.548. The van der Waals surface area contributed by atoms with E-state index in [0.29, 0.717) is 6.54 Å². The topological polar surface area (TPSA) is 32.3 Å². The first-order valence-corrected chi connectivity index (χ1v) is 3.43. The second-order valence-electron chi connectivity index (χ2n) is 0.709. The second kappa shape index (κ2) is 5.62. The largest absolute Gasteiger partial charge is 0.395 e. The Kier molecular flexibility index (Phi) is 6.20. The standard InChI is InChI=1S/C2H7NOS2/c4-2-1-3-6-5/h3-5H,1-2H2. The van der Waals surface area contributed by atoms with Crippen LogP contribution >= 0.6 is 22.6 Å². The lowest BCUT2D eigenvalue weighted by Gasteiger charge is -1.89. The van der Waals surface area contributed by atoms with E-state index in [1.807, 2.05) is 0 Å². The Labute approximate surface area is 46.3 Å². The van der Waals surface area contributed by atoms with Crippen LogP contribution in [0.4, 0.5) is 0 Å². The van der Waals surface area contributed by atoms with Crippen molar-refractivity contribution < 1.29 is 5.11 Å². The Morgan fingerprint density at radius 1 is 1.83 bits per heavy atom. The van der Waals surface area contributed by atoms with Gasteiger partial charge >= 0.3 is 0 Å². The smallest absolute Gasteiger partial charge is 0.0565 e. The van der Waals surface area contributed by atoms with Crippen molar-refractivity contribution in [3.05, 3.63) is 0 Å². The van der Waals surface area contributed by atoms with Crippen molar-refractivity contribution >= 4 is 22.6 Å². The lowest BCUT2D eigenvalue weighted by Crippen LogP contribution is -2.06. The first kappa shape index (κ1) is 6.62. The molecule has 0 aliphatic rings. The molecule has 0 spiro atoms. The molecule has 0 aromatic carbocycles. The zero-order chi connectivity index (χ0) is 4.83. The third-order valence-electron chi connectivity index (χ3n) is 0.278. The Bertz CT molecular complexity index is 23.5. The molecule has 0 heterocycles. The van der Waals surface area contributed by atoms with Gasteiger partial charge in [-0.3, -0.25) is 4.72 Å². The normalized spacial score (nSPS) is 9.00. The van der Waals surface area contributed by atoms with Crippen LogP contribution in [0.1, 0.15) is 0 Å². The van der Waals surface area contributed by atoms with Crippen molar-refractivity contribution in [2.75, 3.05) is 13.2 Å². The minimum atomic E-state index is 0.174. The summed E-state index contributed by atoms with van der Waals surface area (Å²) in [6.07, 6.45) is 0. The van der Waals surface area contributed by atoms with Gasteiger partial charge in [-0.15, -0.1) is 0 Å². The SMILES string of the molecule is OCCNSS. The van der Waals surface area contributed by atoms with Crippen molar-refractivity contribution in [3.63, 3.8) is 0 Å². The molecule has 0 atom stereocenters. The monoisotopic (exact) mass is 125 g/mol. The van der Waals surface area contributed by atoms with Crippen LogP contribution in [0.25, 0.3) is 0 Å². The van der Waals surface area contributed by atoms with Crippen molar-refractivity contribution in [1.82, 2.24) is 4.72 Å². The predicted molar refractivity (Wildman–Crippen MR) is 31.7 cm³/mol. The number of hydrogen-bond acceptors (Lipinski definition) is 4. The summed E-state index contributed by atoms with van der Waals surface area (Å²) in [5, 5.41) is 8.09. The van der Waals surface area contributed by atoms with Crippen LogP contribution in [0.5, 0.6) is 0 Å². The van der Waals surface area contributed by atoms with E-state index in [9.17, 15) is 0 Å². The summed E-state index contributed by atoms with van der Waals surface area (Å²) in [4.78, 5) is 0. The number of aliphatic hydroxyl groups excluding tert-OH is 1. The van der Waals surface area contributed by atoms with Gasteiger partial charge in [0.2, 0.25) is 0 Å². The second-order valence-corrected chi connectivity index (χ2v) is 1.73. The molecule has 0 fully saturated rings. The molecule has 0 saturated heterocycles. The van der Waals surface area contributed by atoms with Crippen molar-refractivity contribution in [3.8, 4) is 0 Å². The van der Waals surface area contributed by atoms with Gasteiger partial charge in [0.25, 0.3) is 0 Å². The number of hydrogen-bond donors (Lipinski definition) is 3. The van der Waals surface area contributed by atoms with Gasteiger partial charge in [0.1, 0.15) is 0 Å². The van der Waals surface area contributed by atoms with Crippen LogP contribution in [0, 0.1) is 0 Å².